The second-order valence-electron chi connectivity index (χ2n) is 2.56. The zero-order valence-electron chi connectivity index (χ0n) is 7.54. The maximum absolute atomic E-state index is 10.9. The van der Waals surface area contributed by atoms with Gasteiger partial charge < -0.3 is 15.7 Å². The van der Waals surface area contributed by atoms with E-state index in [4.69, 9.17) is 5.11 Å². The molecule has 0 unspecified atom stereocenters. The van der Waals surface area contributed by atoms with E-state index < -0.39 is 17.9 Å². The van der Waals surface area contributed by atoms with Crippen molar-refractivity contribution in [3.63, 3.8) is 0 Å². The van der Waals surface area contributed by atoms with Crippen LogP contribution < -0.4 is 10.6 Å². The largest absolute Gasteiger partial charge is 0.392 e. The predicted octanol–water partition coefficient (Wildman–Crippen LogP) is -1.21. The molecule has 0 radical (unpaired) electrons. The number of carbonyl (C=O) groups is 2. The zero-order chi connectivity index (χ0) is 10.3. The first-order chi connectivity index (χ1) is 6.07. The summed E-state index contributed by atoms with van der Waals surface area (Å²) >= 11 is 0. The molecule has 3 N–H and O–H groups in total. The molecule has 0 fully saturated rings. The number of hydrogen-bond acceptors (Lipinski definition) is 3. The predicted molar refractivity (Wildman–Crippen MR) is 47.9 cm³/mol. The molecule has 2 amide bonds. The summed E-state index contributed by atoms with van der Waals surface area (Å²) in [5, 5.41) is 13.4. The van der Waals surface area contributed by atoms with Crippen LogP contribution in [0.15, 0.2) is 12.7 Å². The number of nitrogens with one attached hydrogen (secondary N) is 2. The van der Waals surface area contributed by atoms with Gasteiger partial charge in [0.05, 0.1) is 6.10 Å². The van der Waals surface area contributed by atoms with E-state index >= 15 is 0 Å². The number of hydrogen-bond donors (Lipinski definition) is 3. The van der Waals surface area contributed by atoms with Crippen molar-refractivity contribution in [2.24, 2.45) is 0 Å². The van der Waals surface area contributed by atoms with Gasteiger partial charge in [-0.1, -0.05) is 6.08 Å². The summed E-state index contributed by atoms with van der Waals surface area (Å²) < 4.78 is 0. The van der Waals surface area contributed by atoms with Crippen LogP contribution in [0.5, 0.6) is 0 Å². The van der Waals surface area contributed by atoms with Crippen molar-refractivity contribution < 1.29 is 14.7 Å². The van der Waals surface area contributed by atoms with Crippen molar-refractivity contribution in [1.29, 1.82) is 0 Å². The van der Waals surface area contributed by atoms with Crippen molar-refractivity contribution in [3.8, 4) is 0 Å². The van der Waals surface area contributed by atoms with Gasteiger partial charge in [0.2, 0.25) is 0 Å². The number of amides is 2. The van der Waals surface area contributed by atoms with Crippen LogP contribution in [-0.2, 0) is 9.59 Å². The fourth-order valence-electron chi connectivity index (χ4n) is 0.566. The summed E-state index contributed by atoms with van der Waals surface area (Å²) in [4.78, 5) is 21.7. The Kier molecular flexibility index (Phi) is 5.54. The van der Waals surface area contributed by atoms with E-state index in [2.05, 4.69) is 17.2 Å². The number of aliphatic hydroxyl groups is 1. The van der Waals surface area contributed by atoms with Crippen molar-refractivity contribution in [2.45, 2.75) is 13.0 Å². The average Bonchev–Trinajstić information content (AvgIpc) is 2.10. The van der Waals surface area contributed by atoms with Crippen molar-refractivity contribution >= 4 is 11.8 Å². The van der Waals surface area contributed by atoms with Gasteiger partial charge in [-0.2, -0.15) is 0 Å². The molecule has 0 aromatic rings. The molecule has 0 heterocycles. The molecule has 0 aliphatic rings. The van der Waals surface area contributed by atoms with Crippen LogP contribution in [0, 0.1) is 0 Å². The summed E-state index contributed by atoms with van der Waals surface area (Å²) in [6.45, 7) is 5.22. The number of rotatable bonds is 4. The smallest absolute Gasteiger partial charge is 0.309 e. The fraction of sp³-hybridized carbons (Fsp3) is 0.500. The minimum atomic E-state index is -0.747. The monoisotopic (exact) mass is 186 g/mol. The number of carbonyl (C=O) groups excluding carboxylic acids is 2. The Hall–Kier alpha value is -1.36. The van der Waals surface area contributed by atoms with E-state index in [9.17, 15) is 9.59 Å². The van der Waals surface area contributed by atoms with Gasteiger partial charge in [-0.05, 0) is 6.92 Å². The molecule has 1 atom stereocenters. The van der Waals surface area contributed by atoms with Gasteiger partial charge in [0.15, 0.2) is 0 Å². The lowest BCUT2D eigenvalue weighted by Gasteiger charge is -2.06. The van der Waals surface area contributed by atoms with Crippen LogP contribution in [-0.4, -0.2) is 36.1 Å². The Morgan fingerprint density at radius 1 is 1.46 bits per heavy atom. The lowest BCUT2D eigenvalue weighted by molar-refractivity contribution is -0.139. The van der Waals surface area contributed by atoms with Gasteiger partial charge in [-0.3, -0.25) is 9.59 Å². The van der Waals surface area contributed by atoms with E-state index in [1.807, 2.05) is 0 Å². The van der Waals surface area contributed by atoms with Gasteiger partial charge in [-0.25, -0.2) is 0 Å². The van der Waals surface area contributed by atoms with Gasteiger partial charge in [-0.15, -0.1) is 6.58 Å². The molecular formula is C8H14N2O3. The van der Waals surface area contributed by atoms with Gasteiger partial charge >= 0.3 is 11.8 Å². The Morgan fingerprint density at radius 3 is 2.46 bits per heavy atom. The standard InChI is InChI=1S/C8H14N2O3/c1-3-4-9-7(12)8(13)10-5-6(2)11/h3,6,11H,1,4-5H2,2H3,(H,9,12)(H,10,13)/t6-/m1/s1. The first kappa shape index (κ1) is 11.6. The Labute approximate surface area is 76.8 Å². The molecule has 0 saturated heterocycles. The first-order valence-corrected chi connectivity index (χ1v) is 3.93. The molecule has 0 saturated carbocycles. The summed E-state index contributed by atoms with van der Waals surface area (Å²) in [5.41, 5.74) is 0. The highest BCUT2D eigenvalue weighted by atomic mass is 16.3. The highest BCUT2D eigenvalue weighted by molar-refractivity contribution is 6.35. The third-order valence-corrected chi connectivity index (χ3v) is 1.17. The molecule has 0 aromatic heterocycles. The molecule has 0 aliphatic carbocycles. The molecule has 0 aliphatic heterocycles. The Bertz CT molecular complexity index is 202. The Balaban J connectivity index is 3.69. The second-order valence-corrected chi connectivity index (χ2v) is 2.56. The van der Waals surface area contributed by atoms with Gasteiger partial charge in [0.1, 0.15) is 0 Å². The van der Waals surface area contributed by atoms with Crippen LogP contribution in [0.1, 0.15) is 6.92 Å². The molecular weight excluding hydrogens is 172 g/mol. The summed E-state index contributed by atoms with van der Waals surface area (Å²) in [7, 11) is 0. The molecule has 0 bridgehead atoms. The van der Waals surface area contributed by atoms with E-state index in [-0.39, 0.29) is 13.1 Å². The minimum absolute atomic E-state index is 0.0698. The van der Waals surface area contributed by atoms with E-state index in [1.54, 1.807) is 0 Å². The lowest BCUT2D eigenvalue weighted by atomic mass is 10.4. The van der Waals surface area contributed by atoms with E-state index in [1.165, 1.54) is 13.0 Å². The Morgan fingerprint density at radius 2 is 2.00 bits per heavy atom. The average molecular weight is 186 g/mol. The summed E-state index contributed by atoms with van der Waals surface area (Å²) in [5.74, 6) is -1.47. The van der Waals surface area contributed by atoms with E-state index in [0.717, 1.165) is 0 Å². The molecule has 74 valence electrons. The van der Waals surface area contributed by atoms with E-state index in [0.29, 0.717) is 0 Å². The lowest BCUT2D eigenvalue weighted by Crippen LogP contribution is -2.42. The second kappa shape index (κ2) is 6.19. The first-order valence-electron chi connectivity index (χ1n) is 3.93. The topological polar surface area (TPSA) is 78.4 Å². The van der Waals surface area contributed by atoms with Crippen LogP contribution >= 0.6 is 0 Å². The highest BCUT2D eigenvalue weighted by Crippen LogP contribution is 1.75. The van der Waals surface area contributed by atoms with Gasteiger partial charge in [0.25, 0.3) is 0 Å². The van der Waals surface area contributed by atoms with Crippen molar-refractivity contribution in [2.75, 3.05) is 13.1 Å². The third-order valence-electron chi connectivity index (χ3n) is 1.17. The van der Waals surface area contributed by atoms with Crippen LogP contribution in [0.4, 0.5) is 0 Å². The van der Waals surface area contributed by atoms with Crippen molar-refractivity contribution in [1.82, 2.24) is 10.6 Å². The molecule has 5 heteroatoms. The third kappa shape index (κ3) is 5.86. The quantitative estimate of drug-likeness (QED) is 0.380. The molecule has 0 spiro atoms. The van der Waals surface area contributed by atoms with Crippen molar-refractivity contribution in [3.05, 3.63) is 12.7 Å². The normalized spacial score (nSPS) is 11.5. The minimum Gasteiger partial charge on any atom is -0.392 e. The van der Waals surface area contributed by atoms with Crippen LogP contribution in [0.3, 0.4) is 0 Å². The van der Waals surface area contributed by atoms with Crippen LogP contribution in [0.25, 0.3) is 0 Å². The fourth-order valence-corrected chi connectivity index (χ4v) is 0.566. The molecule has 0 aromatic carbocycles. The molecule has 5 nitrogen and oxygen atoms in total. The maximum atomic E-state index is 10.9. The summed E-state index contributed by atoms with van der Waals surface area (Å²) in [6, 6.07) is 0. The number of aliphatic hydroxyl groups excluding tert-OH is 1. The van der Waals surface area contributed by atoms with Crippen LogP contribution in [0.2, 0.25) is 0 Å². The summed E-state index contributed by atoms with van der Waals surface area (Å²) in [6.07, 6.45) is 0.816. The van der Waals surface area contributed by atoms with Gasteiger partial charge in [0, 0.05) is 13.1 Å². The molecule has 0 rings (SSSR count). The zero-order valence-corrected chi connectivity index (χ0v) is 7.54. The SMILES string of the molecule is C=CCNC(=O)C(=O)NC[C@@H](C)O. The highest BCUT2D eigenvalue weighted by Gasteiger charge is 2.11. The molecule has 13 heavy (non-hydrogen) atoms. The maximum Gasteiger partial charge on any atom is 0.309 e.